The number of carbonyl (C=O) groups is 2. The van der Waals surface area contributed by atoms with Gasteiger partial charge in [-0.3, -0.25) is 10.2 Å². The van der Waals surface area contributed by atoms with E-state index in [0.717, 1.165) is 22.5 Å². The number of sulfonamides is 1. The van der Waals surface area contributed by atoms with Crippen LogP contribution in [-0.4, -0.2) is 91.0 Å². The van der Waals surface area contributed by atoms with E-state index < -0.39 is 21.5 Å². The fourth-order valence-electron chi connectivity index (χ4n) is 4.23. The zero-order chi connectivity index (χ0) is 28.7. The van der Waals surface area contributed by atoms with E-state index in [1.807, 2.05) is 52.8 Å². The van der Waals surface area contributed by atoms with Gasteiger partial charge in [-0.15, -0.1) is 10.2 Å². The number of amides is 3. The highest BCUT2D eigenvalue weighted by molar-refractivity contribution is 7.88. The molecule has 2 N–H and O–H groups in total. The van der Waals surface area contributed by atoms with Crippen LogP contribution in [0.5, 0.6) is 0 Å². The fraction of sp³-hybridized carbons (Fsp3) is 0.500. The van der Waals surface area contributed by atoms with Crippen molar-refractivity contribution in [3.8, 4) is 0 Å². The lowest BCUT2D eigenvalue weighted by molar-refractivity contribution is -0.122. The molecule has 1 aromatic heterocycles. The van der Waals surface area contributed by atoms with Crippen molar-refractivity contribution in [2.75, 3.05) is 49.4 Å². The Hall–Kier alpha value is -3.85. The van der Waals surface area contributed by atoms with E-state index in [-0.39, 0.29) is 18.4 Å². The van der Waals surface area contributed by atoms with Crippen molar-refractivity contribution in [3.05, 3.63) is 29.6 Å². The molecule has 4 rings (SSSR count). The zero-order valence-electron chi connectivity index (χ0n) is 23.2. The first-order valence-electron chi connectivity index (χ1n) is 12.5. The molecule has 0 radical (unpaired) electrons. The van der Waals surface area contributed by atoms with Crippen LogP contribution in [0.25, 0.3) is 0 Å². The highest BCUT2D eigenvalue weighted by Crippen LogP contribution is 2.31. The minimum atomic E-state index is -3.26. The topological polar surface area (TPSA) is 157 Å². The highest BCUT2D eigenvalue weighted by Gasteiger charge is 2.39. The Morgan fingerprint density at radius 3 is 2.54 bits per heavy atom. The van der Waals surface area contributed by atoms with Gasteiger partial charge in [0.25, 0.3) is 11.9 Å². The fourth-order valence-corrected chi connectivity index (χ4v) is 4.69. The third kappa shape index (κ3) is 5.93. The molecular formula is C24H34N10O4S. The van der Waals surface area contributed by atoms with Crippen LogP contribution in [-0.2, 0) is 14.8 Å². The van der Waals surface area contributed by atoms with Gasteiger partial charge in [-0.2, -0.15) is 14.8 Å². The van der Waals surface area contributed by atoms with Crippen LogP contribution in [0.2, 0.25) is 0 Å². The number of benzene rings is 1. The maximum atomic E-state index is 12.7. The Balaban J connectivity index is 1.68. The molecule has 3 heterocycles. The number of hydrazine groups is 1. The molecule has 210 valence electrons. The zero-order valence-corrected chi connectivity index (χ0v) is 24.0. The molecule has 1 saturated heterocycles. The summed E-state index contributed by atoms with van der Waals surface area (Å²) in [4.78, 5) is 33.1. The van der Waals surface area contributed by atoms with Crippen LogP contribution in [0.1, 0.15) is 39.1 Å². The first-order valence-corrected chi connectivity index (χ1v) is 14.4. The second-order valence-electron chi connectivity index (χ2n) is 10.5. The number of likely N-dealkylation sites (N-methyl/N-ethyl adjacent to an activating group) is 2. The monoisotopic (exact) mass is 558 g/mol. The molecule has 39 heavy (non-hydrogen) atoms. The van der Waals surface area contributed by atoms with E-state index in [2.05, 4.69) is 25.2 Å². The Kier molecular flexibility index (Phi) is 7.49. The van der Waals surface area contributed by atoms with Crippen molar-refractivity contribution in [2.45, 2.75) is 34.6 Å². The molecule has 1 aromatic carbocycles. The predicted molar refractivity (Wildman–Crippen MR) is 149 cm³/mol. The number of anilines is 2. The Bertz CT molecular complexity index is 1470. The number of carbonyl (C=O) groups excluding carboxylic acids is 2. The Morgan fingerprint density at radius 2 is 1.92 bits per heavy atom. The van der Waals surface area contributed by atoms with Crippen LogP contribution >= 0.6 is 0 Å². The third-order valence-corrected chi connectivity index (χ3v) is 6.94. The SMILES string of the molecule is CCN(CCNS(C)(=O)=O)c1ccc(N=C2C(C(C)(C)C)=Nn3c2nnc3N2NC(=O)CN(C)C2=O)c(C)c1. The van der Waals surface area contributed by atoms with Gasteiger partial charge in [0.05, 0.1) is 17.7 Å². The van der Waals surface area contributed by atoms with Gasteiger partial charge in [0, 0.05) is 37.8 Å². The minimum absolute atomic E-state index is 0.0571. The maximum absolute atomic E-state index is 12.7. The molecule has 0 unspecified atom stereocenters. The van der Waals surface area contributed by atoms with Crippen molar-refractivity contribution in [1.82, 2.24) is 29.9 Å². The third-order valence-electron chi connectivity index (χ3n) is 6.21. The summed E-state index contributed by atoms with van der Waals surface area (Å²) < 4.78 is 26.8. The lowest BCUT2D eigenvalue weighted by atomic mass is 9.87. The molecular weight excluding hydrogens is 524 g/mol. The number of hydrogen-bond acceptors (Lipinski definition) is 9. The average Bonchev–Trinajstić information content (AvgIpc) is 3.40. The first kappa shape index (κ1) is 28.2. The summed E-state index contributed by atoms with van der Waals surface area (Å²) in [5, 5.41) is 14.2. The van der Waals surface area contributed by atoms with Crippen molar-refractivity contribution >= 4 is 50.7 Å². The maximum Gasteiger partial charge on any atom is 0.346 e. The van der Waals surface area contributed by atoms with Gasteiger partial charge in [-0.25, -0.2) is 22.9 Å². The number of fused-ring (bicyclic) bond motifs is 1. The number of aryl methyl sites for hydroxylation is 1. The Morgan fingerprint density at radius 1 is 1.21 bits per heavy atom. The standard InChI is InChI=1S/C24H34N10O4S/c1-8-32(12-11-25-39(7,37)38)16-9-10-17(15(2)13-16)26-19-20(24(3,4)5)30-33-21(19)27-28-22(33)34-23(36)31(6)14-18(35)29-34/h9-10,13,25H,8,11-12,14H2,1-7H3,(H,29,35). The van der Waals surface area contributed by atoms with Crippen LogP contribution in [0.3, 0.4) is 0 Å². The smallest absolute Gasteiger partial charge is 0.346 e. The Labute approximate surface area is 227 Å². The van der Waals surface area contributed by atoms with Crippen LogP contribution in [0, 0.1) is 12.3 Å². The molecule has 2 aromatic rings. The first-order chi connectivity index (χ1) is 18.2. The van der Waals surface area contributed by atoms with Crippen LogP contribution in [0.15, 0.2) is 28.3 Å². The number of aliphatic imine (C=N–C) groups is 1. The molecule has 0 atom stereocenters. The molecule has 0 saturated carbocycles. The van der Waals surface area contributed by atoms with E-state index in [1.54, 1.807) is 0 Å². The van der Waals surface area contributed by atoms with Gasteiger partial charge in [-0.1, -0.05) is 20.8 Å². The molecule has 0 spiro atoms. The molecule has 3 amide bonds. The van der Waals surface area contributed by atoms with Gasteiger partial charge >= 0.3 is 6.03 Å². The summed E-state index contributed by atoms with van der Waals surface area (Å²) in [6, 6.07) is 5.38. The number of rotatable bonds is 8. The van der Waals surface area contributed by atoms with Gasteiger partial charge in [0.1, 0.15) is 12.3 Å². The molecule has 0 aliphatic carbocycles. The highest BCUT2D eigenvalue weighted by atomic mass is 32.2. The number of nitrogens with one attached hydrogen (secondary N) is 2. The summed E-state index contributed by atoms with van der Waals surface area (Å²) >= 11 is 0. The van der Waals surface area contributed by atoms with E-state index in [4.69, 9.17) is 10.1 Å². The number of nitrogens with zero attached hydrogens (tertiary/aromatic N) is 8. The summed E-state index contributed by atoms with van der Waals surface area (Å²) in [5.74, 6) is 0.0659. The van der Waals surface area contributed by atoms with Crippen molar-refractivity contribution in [2.24, 2.45) is 15.5 Å². The predicted octanol–water partition coefficient (Wildman–Crippen LogP) is 1.25. The van der Waals surface area contributed by atoms with Gasteiger partial charge in [0.2, 0.25) is 15.8 Å². The van der Waals surface area contributed by atoms with E-state index in [9.17, 15) is 18.0 Å². The van der Waals surface area contributed by atoms with Crippen LogP contribution in [0.4, 0.5) is 22.1 Å². The largest absolute Gasteiger partial charge is 0.370 e. The lowest BCUT2D eigenvalue weighted by Gasteiger charge is -2.31. The summed E-state index contributed by atoms with van der Waals surface area (Å²) in [5.41, 5.74) is 5.84. The molecule has 2 aliphatic rings. The van der Waals surface area contributed by atoms with E-state index >= 15 is 0 Å². The average molecular weight is 559 g/mol. The number of aromatic nitrogens is 3. The minimum Gasteiger partial charge on any atom is -0.370 e. The molecule has 15 heteroatoms. The number of urea groups is 1. The summed E-state index contributed by atoms with van der Waals surface area (Å²) in [6.45, 7) is 11.4. The lowest BCUT2D eigenvalue weighted by Crippen LogP contribution is -2.60. The van der Waals surface area contributed by atoms with Crippen molar-refractivity contribution < 1.29 is 18.0 Å². The quantitative estimate of drug-likeness (QED) is 0.494. The number of hydrogen-bond donors (Lipinski definition) is 2. The molecule has 2 aliphatic heterocycles. The molecule has 0 bridgehead atoms. The van der Waals surface area contributed by atoms with Gasteiger partial charge < -0.3 is 9.80 Å². The van der Waals surface area contributed by atoms with Gasteiger partial charge in [-0.05, 0) is 37.6 Å². The second-order valence-corrected chi connectivity index (χ2v) is 12.4. The van der Waals surface area contributed by atoms with Crippen LogP contribution < -0.4 is 20.1 Å². The molecule has 14 nitrogen and oxygen atoms in total. The van der Waals surface area contributed by atoms with Crippen molar-refractivity contribution in [3.63, 3.8) is 0 Å². The van der Waals surface area contributed by atoms with E-state index in [1.165, 1.54) is 16.6 Å². The molecule has 1 fully saturated rings. The van der Waals surface area contributed by atoms with Crippen molar-refractivity contribution in [1.29, 1.82) is 0 Å². The van der Waals surface area contributed by atoms with Gasteiger partial charge in [0.15, 0.2) is 0 Å². The summed E-state index contributed by atoms with van der Waals surface area (Å²) in [6.07, 6.45) is 1.14. The second kappa shape index (κ2) is 10.4. The normalized spacial score (nSPS) is 17.0. The van der Waals surface area contributed by atoms with E-state index in [0.29, 0.717) is 42.6 Å². The summed E-state index contributed by atoms with van der Waals surface area (Å²) in [7, 11) is -1.73.